The van der Waals surface area contributed by atoms with Crippen LogP contribution in [0.25, 0.3) is 0 Å². The van der Waals surface area contributed by atoms with Crippen LogP contribution in [0.3, 0.4) is 0 Å². The van der Waals surface area contributed by atoms with Crippen molar-refractivity contribution in [1.29, 1.82) is 0 Å². The summed E-state index contributed by atoms with van der Waals surface area (Å²) >= 11 is 0. The van der Waals surface area contributed by atoms with E-state index in [0.717, 1.165) is 31.7 Å². The maximum atomic E-state index is 13.1. The normalized spacial score (nSPS) is 15.4. The number of aromatic nitrogens is 1. The van der Waals surface area contributed by atoms with E-state index in [9.17, 15) is 18.0 Å². The van der Waals surface area contributed by atoms with E-state index < -0.39 is 11.7 Å². The molecule has 1 aliphatic rings. The van der Waals surface area contributed by atoms with Crippen LogP contribution in [-0.2, 0) is 6.18 Å². The number of nitrogens with zero attached hydrogens (tertiary/aromatic N) is 2. The number of benzene rings is 1. The minimum absolute atomic E-state index is 0.0561. The molecule has 0 bridgehead atoms. The molecule has 1 N–H and O–H groups in total. The summed E-state index contributed by atoms with van der Waals surface area (Å²) in [6.45, 7) is 1.38. The van der Waals surface area contributed by atoms with Gasteiger partial charge < -0.3 is 10.2 Å². The Kier molecular flexibility index (Phi) is 5.44. The van der Waals surface area contributed by atoms with Crippen molar-refractivity contribution in [2.75, 3.05) is 18.4 Å². The van der Waals surface area contributed by atoms with Crippen molar-refractivity contribution in [2.24, 2.45) is 0 Å². The number of halogens is 3. The van der Waals surface area contributed by atoms with Gasteiger partial charge in [0.15, 0.2) is 0 Å². The molecule has 7 heteroatoms. The number of pyridine rings is 1. The van der Waals surface area contributed by atoms with E-state index in [1.165, 1.54) is 30.5 Å². The van der Waals surface area contributed by atoms with Gasteiger partial charge in [0.1, 0.15) is 5.69 Å². The van der Waals surface area contributed by atoms with Crippen LogP contribution in [0.1, 0.15) is 41.7 Å². The predicted octanol–water partition coefficient (Wildman–Crippen LogP) is 4.86. The van der Waals surface area contributed by atoms with Crippen molar-refractivity contribution in [1.82, 2.24) is 9.88 Å². The Labute approximate surface area is 150 Å². The molecule has 0 unspecified atom stereocenters. The fourth-order valence-corrected chi connectivity index (χ4v) is 3.06. The number of amides is 1. The summed E-state index contributed by atoms with van der Waals surface area (Å²) in [5, 5.41) is 2.76. The molecule has 0 radical (unpaired) electrons. The van der Waals surface area contributed by atoms with Crippen molar-refractivity contribution < 1.29 is 18.0 Å². The molecule has 0 saturated carbocycles. The Balaban J connectivity index is 1.81. The lowest BCUT2D eigenvalue weighted by Crippen LogP contribution is -2.32. The molecule has 1 aliphatic heterocycles. The number of anilines is 2. The Morgan fingerprint density at radius 2 is 1.73 bits per heavy atom. The first-order valence-corrected chi connectivity index (χ1v) is 8.64. The fraction of sp³-hybridized carbons (Fsp3) is 0.368. The van der Waals surface area contributed by atoms with E-state index >= 15 is 0 Å². The van der Waals surface area contributed by atoms with Gasteiger partial charge in [-0.25, -0.2) is 0 Å². The Morgan fingerprint density at radius 1 is 1.04 bits per heavy atom. The van der Waals surface area contributed by atoms with Crippen molar-refractivity contribution in [3.05, 3.63) is 53.9 Å². The van der Waals surface area contributed by atoms with E-state index in [-0.39, 0.29) is 17.3 Å². The van der Waals surface area contributed by atoms with Crippen LogP contribution in [0.4, 0.5) is 24.5 Å². The predicted molar refractivity (Wildman–Crippen MR) is 93.3 cm³/mol. The summed E-state index contributed by atoms with van der Waals surface area (Å²) in [4.78, 5) is 18.5. The second-order valence-electron chi connectivity index (χ2n) is 6.30. The number of alkyl halides is 3. The van der Waals surface area contributed by atoms with Gasteiger partial charge >= 0.3 is 6.18 Å². The highest BCUT2D eigenvalue weighted by Gasteiger charge is 2.33. The second-order valence-corrected chi connectivity index (χ2v) is 6.30. The molecule has 0 aliphatic carbocycles. The number of rotatable bonds is 3. The molecule has 1 aromatic heterocycles. The van der Waals surface area contributed by atoms with Crippen molar-refractivity contribution >= 4 is 17.3 Å². The zero-order valence-corrected chi connectivity index (χ0v) is 14.2. The first kappa shape index (κ1) is 18.2. The van der Waals surface area contributed by atoms with Crippen LogP contribution in [0.2, 0.25) is 0 Å². The number of nitrogens with one attached hydrogen (secondary N) is 1. The molecule has 2 heterocycles. The molecular weight excluding hydrogens is 343 g/mol. The van der Waals surface area contributed by atoms with Gasteiger partial charge in [0.05, 0.1) is 11.3 Å². The summed E-state index contributed by atoms with van der Waals surface area (Å²) in [6, 6.07) is 8.30. The maximum Gasteiger partial charge on any atom is 0.418 e. The van der Waals surface area contributed by atoms with Gasteiger partial charge in [-0.1, -0.05) is 25.0 Å². The molecular formula is C19H20F3N3O. The second kappa shape index (κ2) is 7.76. The van der Waals surface area contributed by atoms with Gasteiger partial charge in [-0.2, -0.15) is 13.2 Å². The van der Waals surface area contributed by atoms with Crippen LogP contribution >= 0.6 is 0 Å². The number of para-hydroxylation sites is 1. The lowest BCUT2D eigenvalue weighted by Gasteiger charge is -2.20. The molecule has 3 rings (SSSR count). The zero-order chi connectivity index (χ0) is 18.6. The summed E-state index contributed by atoms with van der Waals surface area (Å²) < 4.78 is 39.4. The molecule has 1 fully saturated rings. The van der Waals surface area contributed by atoms with Gasteiger partial charge in [-0.15, -0.1) is 0 Å². The minimum atomic E-state index is -4.46. The fourth-order valence-electron chi connectivity index (χ4n) is 3.06. The minimum Gasteiger partial charge on any atom is -0.355 e. The lowest BCUT2D eigenvalue weighted by molar-refractivity contribution is -0.136. The third-order valence-corrected chi connectivity index (χ3v) is 4.38. The van der Waals surface area contributed by atoms with Gasteiger partial charge in [-0.05, 0) is 37.1 Å². The summed E-state index contributed by atoms with van der Waals surface area (Å²) in [7, 11) is 0. The van der Waals surface area contributed by atoms with E-state index in [2.05, 4.69) is 10.3 Å². The molecule has 0 spiro atoms. The highest BCUT2D eigenvalue weighted by atomic mass is 19.4. The Morgan fingerprint density at radius 3 is 2.42 bits per heavy atom. The summed E-state index contributed by atoms with van der Waals surface area (Å²) in [6.07, 6.45) is 1.11. The first-order valence-electron chi connectivity index (χ1n) is 8.64. The third-order valence-electron chi connectivity index (χ3n) is 4.38. The molecule has 138 valence electrons. The monoisotopic (exact) mass is 363 g/mol. The highest BCUT2D eigenvalue weighted by Crippen LogP contribution is 2.35. The third kappa shape index (κ3) is 4.33. The molecule has 1 aromatic carbocycles. The zero-order valence-electron chi connectivity index (χ0n) is 14.2. The average Bonchev–Trinajstić information content (AvgIpc) is 2.90. The summed E-state index contributed by atoms with van der Waals surface area (Å²) in [5.74, 6) is -0.181. The molecule has 1 amide bonds. The van der Waals surface area contributed by atoms with Crippen LogP contribution in [0, 0.1) is 0 Å². The smallest absolute Gasteiger partial charge is 0.355 e. The SMILES string of the molecule is O=C(c1cc(Nc2ccccc2C(F)(F)F)ccn1)N1CCCCCC1. The number of carbonyl (C=O) groups is 1. The van der Waals surface area contributed by atoms with Crippen molar-refractivity contribution in [3.8, 4) is 0 Å². The first-order chi connectivity index (χ1) is 12.4. The van der Waals surface area contributed by atoms with Crippen LogP contribution < -0.4 is 5.32 Å². The largest absolute Gasteiger partial charge is 0.418 e. The molecule has 4 nitrogen and oxygen atoms in total. The number of carbonyl (C=O) groups excluding carboxylic acids is 1. The van der Waals surface area contributed by atoms with Crippen molar-refractivity contribution in [3.63, 3.8) is 0 Å². The average molecular weight is 363 g/mol. The molecule has 2 aromatic rings. The number of hydrogen-bond acceptors (Lipinski definition) is 3. The van der Waals surface area contributed by atoms with Gasteiger partial charge in [0.25, 0.3) is 5.91 Å². The quantitative estimate of drug-likeness (QED) is 0.847. The van der Waals surface area contributed by atoms with E-state index in [4.69, 9.17) is 0 Å². The Bertz CT molecular complexity index is 769. The van der Waals surface area contributed by atoms with Crippen molar-refractivity contribution in [2.45, 2.75) is 31.9 Å². The summed E-state index contributed by atoms with van der Waals surface area (Å²) in [5.41, 5.74) is -0.173. The Hall–Kier alpha value is -2.57. The van der Waals surface area contributed by atoms with Gasteiger partial charge in [0, 0.05) is 25.0 Å². The standard InChI is InChI=1S/C19H20F3N3O/c20-19(21,22)15-7-3-4-8-16(15)24-14-9-10-23-17(13-14)18(26)25-11-5-1-2-6-12-25/h3-4,7-10,13H,1-2,5-6,11-12H2,(H,23,24). The van der Waals surface area contributed by atoms with Crippen LogP contribution in [0.15, 0.2) is 42.6 Å². The van der Waals surface area contributed by atoms with Crippen LogP contribution in [0.5, 0.6) is 0 Å². The molecule has 1 saturated heterocycles. The number of hydrogen-bond donors (Lipinski definition) is 1. The molecule has 0 atom stereocenters. The molecule has 26 heavy (non-hydrogen) atoms. The van der Waals surface area contributed by atoms with Gasteiger partial charge in [-0.3, -0.25) is 9.78 Å². The lowest BCUT2D eigenvalue weighted by atomic mass is 10.1. The topological polar surface area (TPSA) is 45.2 Å². The number of likely N-dealkylation sites (tertiary alicyclic amines) is 1. The highest BCUT2D eigenvalue weighted by molar-refractivity contribution is 5.93. The van der Waals surface area contributed by atoms with E-state index in [1.54, 1.807) is 11.0 Å². The maximum absolute atomic E-state index is 13.1. The van der Waals surface area contributed by atoms with Gasteiger partial charge in [0.2, 0.25) is 0 Å². The van der Waals surface area contributed by atoms with E-state index in [0.29, 0.717) is 18.8 Å². The van der Waals surface area contributed by atoms with E-state index in [1.807, 2.05) is 0 Å². The van der Waals surface area contributed by atoms with Crippen LogP contribution in [-0.4, -0.2) is 28.9 Å².